The lowest BCUT2D eigenvalue weighted by Crippen LogP contribution is -2.35. The highest BCUT2D eigenvalue weighted by molar-refractivity contribution is 5.74. The van der Waals surface area contributed by atoms with Gasteiger partial charge in [-0.05, 0) is 20.5 Å². The Morgan fingerprint density at radius 3 is 2.80 bits per heavy atom. The Hall–Kier alpha value is -1.40. The monoisotopic (exact) mass is 281 g/mol. The van der Waals surface area contributed by atoms with Gasteiger partial charge in [0.15, 0.2) is 5.89 Å². The molecule has 1 aliphatic heterocycles. The van der Waals surface area contributed by atoms with E-state index in [0.717, 1.165) is 12.2 Å². The highest BCUT2D eigenvalue weighted by Crippen LogP contribution is 2.24. The molecule has 0 aromatic carbocycles. The van der Waals surface area contributed by atoms with Gasteiger partial charge in [-0.25, -0.2) is 4.98 Å². The fourth-order valence-electron chi connectivity index (χ4n) is 2.55. The van der Waals surface area contributed by atoms with Crippen molar-refractivity contribution in [3.8, 4) is 0 Å². The van der Waals surface area contributed by atoms with Gasteiger partial charge < -0.3 is 14.4 Å². The van der Waals surface area contributed by atoms with Crippen LogP contribution in [0.3, 0.4) is 0 Å². The van der Waals surface area contributed by atoms with Gasteiger partial charge in [0.05, 0.1) is 5.69 Å². The van der Waals surface area contributed by atoms with Gasteiger partial charge in [-0.2, -0.15) is 0 Å². The maximum Gasteiger partial charge on any atom is 0.320 e. The molecule has 1 aliphatic rings. The molecule has 2 atom stereocenters. The molecule has 6 heteroatoms. The molecule has 6 nitrogen and oxygen atoms in total. The molecule has 0 aliphatic carbocycles. The highest BCUT2D eigenvalue weighted by atomic mass is 16.4. The van der Waals surface area contributed by atoms with Crippen molar-refractivity contribution in [1.82, 2.24) is 14.8 Å². The summed E-state index contributed by atoms with van der Waals surface area (Å²) >= 11 is 0. The third kappa shape index (κ3) is 3.19. The Morgan fingerprint density at radius 2 is 2.30 bits per heavy atom. The fourth-order valence-corrected chi connectivity index (χ4v) is 2.55. The number of carboxylic acids is 1. The topological polar surface area (TPSA) is 69.8 Å². The number of aliphatic carboxylic acids is 1. The number of aromatic nitrogens is 1. The first-order valence-corrected chi connectivity index (χ1v) is 6.96. The van der Waals surface area contributed by atoms with Crippen LogP contribution < -0.4 is 0 Å². The Labute approximate surface area is 119 Å². The van der Waals surface area contributed by atoms with E-state index < -0.39 is 12.0 Å². The summed E-state index contributed by atoms with van der Waals surface area (Å²) in [6, 6.07) is -0.172. The van der Waals surface area contributed by atoms with Crippen LogP contribution in [-0.2, 0) is 11.3 Å². The minimum absolute atomic E-state index is 0.243. The van der Waals surface area contributed by atoms with E-state index in [1.165, 1.54) is 0 Å². The summed E-state index contributed by atoms with van der Waals surface area (Å²) in [4.78, 5) is 19.9. The van der Waals surface area contributed by atoms with Crippen LogP contribution >= 0.6 is 0 Å². The zero-order valence-corrected chi connectivity index (χ0v) is 12.5. The largest absolute Gasteiger partial charge is 0.480 e. The molecule has 112 valence electrons. The van der Waals surface area contributed by atoms with E-state index >= 15 is 0 Å². The SMILES string of the molecule is CC(C)c1nc(CN2C[C@H](N(C)C)C[C@H]2C(=O)O)co1. The van der Waals surface area contributed by atoms with Gasteiger partial charge in [-0.1, -0.05) is 13.8 Å². The summed E-state index contributed by atoms with van der Waals surface area (Å²) in [5.41, 5.74) is 0.805. The van der Waals surface area contributed by atoms with Crippen molar-refractivity contribution in [2.75, 3.05) is 20.6 Å². The van der Waals surface area contributed by atoms with Crippen LogP contribution in [0.4, 0.5) is 0 Å². The molecule has 20 heavy (non-hydrogen) atoms. The van der Waals surface area contributed by atoms with Gasteiger partial charge in [0, 0.05) is 25.0 Å². The number of likely N-dealkylation sites (N-methyl/N-ethyl adjacent to an activating group) is 1. The quantitative estimate of drug-likeness (QED) is 0.879. The maximum atomic E-state index is 11.4. The maximum absolute atomic E-state index is 11.4. The number of hydrogen-bond acceptors (Lipinski definition) is 5. The van der Waals surface area contributed by atoms with Crippen molar-refractivity contribution in [1.29, 1.82) is 0 Å². The molecule has 1 fully saturated rings. The van der Waals surface area contributed by atoms with E-state index in [9.17, 15) is 9.90 Å². The average Bonchev–Trinajstić information content (AvgIpc) is 2.96. The number of carbonyl (C=O) groups is 1. The molecule has 1 aromatic rings. The summed E-state index contributed by atoms with van der Waals surface area (Å²) in [7, 11) is 3.97. The normalized spacial score (nSPS) is 23.9. The fraction of sp³-hybridized carbons (Fsp3) is 0.714. The van der Waals surface area contributed by atoms with E-state index in [4.69, 9.17) is 4.42 Å². The molecule has 0 amide bonds. The van der Waals surface area contributed by atoms with E-state index in [2.05, 4.69) is 9.88 Å². The van der Waals surface area contributed by atoms with Crippen molar-refractivity contribution >= 4 is 5.97 Å². The van der Waals surface area contributed by atoms with E-state index in [-0.39, 0.29) is 12.0 Å². The molecule has 1 aromatic heterocycles. The summed E-state index contributed by atoms with van der Waals surface area (Å²) in [5, 5.41) is 9.35. The van der Waals surface area contributed by atoms with E-state index in [1.807, 2.05) is 32.8 Å². The Balaban J connectivity index is 2.07. The van der Waals surface area contributed by atoms with Gasteiger partial charge in [0.2, 0.25) is 0 Å². The summed E-state index contributed by atoms with van der Waals surface area (Å²) in [6.45, 7) is 5.31. The zero-order valence-electron chi connectivity index (χ0n) is 12.5. The Bertz CT molecular complexity index is 470. The molecule has 0 radical (unpaired) electrons. The first-order valence-electron chi connectivity index (χ1n) is 6.96. The van der Waals surface area contributed by atoms with Crippen LogP contribution in [0.2, 0.25) is 0 Å². The van der Waals surface area contributed by atoms with Crippen molar-refractivity contribution in [3.63, 3.8) is 0 Å². The highest BCUT2D eigenvalue weighted by Gasteiger charge is 2.37. The average molecular weight is 281 g/mol. The van der Waals surface area contributed by atoms with Crippen molar-refractivity contribution in [2.45, 2.75) is 44.8 Å². The number of hydrogen-bond donors (Lipinski definition) is 1. The number of carboxylic acid groups (broad SMARTS) is 1. The van der Waals surface area contributed by atoms with Crippen LogP contribution in [0, 0.1) is 0 Å². The van der Waals surface area contributed by atoms with Crippen LogP contribution in [0.5, 0.6) is 0 Å². The summed E-state index contributed by atoms with van der Waals surface area (Å²) < 4.78 is 5.41. The second-order valence-electron chi connectivity index (χ2n) is 5.97. The second kappa shape index (κ2) is 5.93. The zero-order chi connectivity index (χ0) is 14.9. The molecule has 1 saturated heterocycles. The van der Waals surface area contributed by atoms with Crippen molar-refractivity contribution in [2.24, 2.45) is 0 Å². The Kier molecular flexibility index (Phi) is 4.45. The molecule has 0 spiro atoms. The van der Waals surface area contributed by atoms with Gasteiger partial charge in [0.25, 0.3) is 0 Å². The molecular formula is C14H23N3O3. The summed E-state index contributed by atoms with van der Waals surface area (Å²) in [6.07, 6.45) is 2.29. The molecule has 2 heterocycles. The van der Waals surface area contributed by atoms with E-state index in [0.29, 0.717) is 18.9 Å². The van der Waals surface area contributed by atoms with Crippen LogP contribution in [-0.4, -0.2) is 58.6 Å². The lowest BCUT2D eigenvalue weighted by atomic mass is 10.1. The van der Waals surface area contributed by atoms with Gasteiger partial charge in [-0.15, -0.1) is 0 Å². The first kappa shape index (κ1) is 15.0. The van der Waals surface area contributed by atoms with Gasteiger partial charge in [0.1, 0.15) is 12.3 Å². The number of oxazole rings is 1. The first-order chi connectivity index (χ1) is 9.38. The number of rotatable bonds is 5. The predicted octanol–water partition coefficient (Wildman–Crippen LogP) is 1.39. The third-order valence-electron chi connectivity index (χ3n) is 3.83. The van der Waals surface area contributed by atoms with E-state index in [1.54, 1.807) is 6.26 Å². The molecular weight excluding hydrogens is 258 g/mol. The van der Waals surface area contributed by atoms with Crippen molar-refractivity contribution < 1.29 is 14.3 Å². The smallest absolute Gasteiger partial charge is 0.320 e. The predicted molar refractivity (Wildman–Crippen MR) is 74.5 cm³/mol. The minimum atomic E-state index is -0.762. The Morgan fingerprint density at radius 1 is 1.60 bits per heavy atom. The molecule has 0 unspecified atom stereocenters. The van der Waals surface area contributed by atoms with Crippen LogP contribution in [0.1, 0.15) is 37.8 Å². The lowest BCUT2D eigenvalue weighted by Gasteiger charge is -2.20. The lowest BCUT2D eigenvalue weighted by molar-refractivity contribution is -0.142. The molecule has 1 N–H and O–H groups in total. The molecule has 0 bridgehead atoms. The second-order valence-corrected chi connectivity index (χ2v) is 5.97. The van der Waals surface area contributed by atoms with Gasteiger partial charge >= 0.3 is 5.97 Å². The van der Waals surface area contributed by atoms with Gasteiger partial charge in [-0.3, -0.25) is 9.69 Å². The molecule has 2 rings (SSSR count). The van der Waals surface area contributed by atoms with Crippen molar-refractivity contribution in [3.05, 3.63) is 17.8 Å². The number of nitrogens with zero attached hydrogens (tertiary/aromatic N) is 3. The minimum Gasteiger partial charge on any atom is -0.480 e. The number of likely N-dealkylation sites (tertiary alicyclic amines) is 1. The third-order valence-corrected chi connectivity index (χ3v) is 3.83. The molecule has 0 saturated carbocycles. The van der Waals surface area contributed by atoms with Crippen LogP contribution in [0.25, 0.3) is 0 Å². The standard InChI is InChI=1S/C14H23N3O3/c1-9(2)13-15-10(8-20-13)6-17-7-11(16(3)4)5-12(17)14(18)19/h8-9,11-12H,5-7H2,1-4H3,(H,18,19)/t11-,12+/m1/s1. The van der Waals surface area contributed by atoms with Crippen LogP contribution in [0.15, 0.2) is 10.7 Å². The summed E-state index contributed by atoms with van der Waals surface area (Å²) in [5.74, 6) is 0.185.